The Morgan fingerprint density at radius 3 is 2.47 bits per heavy atom. The fraction of sp³-hybridized carbons (Fsp3) is 0.0833. The van der Waals surface area contributed by atoms with Crippen molar-refractivity contribution in [1.29, 1.82) is 0 Å². The molecule has 0 saturated carbocycles. The minimum Gasteiger partial charge on any atom is -0.452 e. The molecule has 0 amide bonds. The predicted octanol–water partition coefficient (Wildman–Crippen LogP) is 5.22. The quantitative estimate of drug-likeness (QED) is 0.232. The summed E-state index contributed by atoms with van der Waals surface area (Å²) < 4.78 is 10.8. The fourth-order valence-electron chi connectivity index (χ4n) is 3.08. The van der Waals surface area contributed by atoms with E-state index in [-0.39, 0.29) is 23.7 Å². The highest BCUT2D eigenvalue weighted by Crippen LogP contribution is 2.27. The van der Waals surface area contributed by atoms with Gasteiger partial charge in [0.15, 0.2) is 12.4 Å². The SMILES string of the molecule is O=C(OCc1ncc(-c2ccccc2)o1)c1ccc(NCc2ccccc2)c([N+](=O)[O-])c1. The monoisotopic (exact) mass is 429 g/mol. The molecule has 0 aliphatic rings. The van der Waals surface area contributed by atoms with E-state index in [1.54, 1.807) is 6.20 Å². The molecule has 0 aliphatic carbocycles. The first kappa shape index (κ1) is 20.8. The molecular formula is C24H19N3O5. The summed E-state index contributed by atoms with van der Waals surface area (Å²) in [6, 6.07) is 23.1. The van der Waals surface area contributed by atoms with Crippen LogP contribution in [-0.2, 0) is 17.9 Å². The van der Waals surface area contributed by atoms with E-state index in [0.29, 0.717) is 18.0 Å². The number of nitrogens with one attached hydrogen (secondary N) is 1. The number of esters is 1. The summed E-state index contributed by atoms with van der Waals surface area (Å²) in [4.78, 5) is 27.5. The summed E-state index contributed by atoms with van der Waals surface area (Å²) in [5.74, 6) is 0.0798. The van der Waals surface area contributed by atoms with Gasteiger partial charge in [0.25, 0.3) is 5.69 Å². The molecule has 32 heavy (non-hydrogen) atoms. The number of carbonyl (C=O) groups excluding carboxylic acids is 1. The van der Waals surface area contributed by atoms with Gasteiger partial charge >= 0.3 is 5.97 Å². The van der Waals surface area contributed by atoms with Crippen LogP contribution in [0, 0.1) is 10.1 Å². The molecule has 1 N–H and O–H groups in total. The van der Waals surface area contributed by atoms with Crippen LogP contribution in [-0.4, -0.2) is 15.9 Å². The molecule has 1 heterocycles. The van der Waals surface area contributed by atoms with Crippen LogP contribution < -0.4 is 5.32 Å². The second-order valence-electron chi connectivity index (χ2n) is 6.89. The van der Waals surface area contributed by atoms with E-state index < -0.39 is 10.9 Å². The smallest absolute Gasteiger partial charge is 0.338 e. The topological polar surface area (TPSA) is 108 Å². The van der Waals surface area contributed by atoms with Crippen molar-refractivity contribution in [1.82, 2.24) is 4.98 Å². The van der Waals surface area contributed by atoms with Crippen LogP contribution >= 0.6 is 0 Å². The number of rotatable bonds is 8. The van der Waals surface area contributed by atoms with E-state index >= 15 is 0 Å². The molecule has 0 saturated heterocycles. The maximum Gasteiger partial charge on any atom is 0.338 e. The summed E-state index contributed by atoms with van der Waals surface area (Å²) in [6.07, 6.45) is 1.55. The van der Waals surface area contributed by atoms with Crippen LogP contribution in [0.25, 0.3) is 11.3 Å². The molecule has 0 spiro atoms. The van der Waals surface area contributed by atoms with E-state index in [1.165, 1.54) is 18.2 Å². The second-order valence-corrected chi connectivity index (χ2v) is 6.89. The molecule has 0 radical (unpaired) electrons. The van der Waals surface area contributed by atoms with Crippen LogP contribution in [0.1, 0.15) is 21.8 Å². The largest absolute Gasteiger partial charge is 0.452 e. The number of hydrogen-bond acceptors (Lipinski definition) is 7. The number of aromatic nitrogens is 1. The third kappa shape index (κ3) is 4.99. The van der Waals surface area contributed by atoms with Crippen molar-refractivity contribution < 1.29 is 18.9 Å². The average Bonchev–Trinajstić information content (AvgIpc) is 3.31. The van der Waals surface area contributed by atoms with Gasteiger partial charge in [-0.2, -0.15) is 0 Å². The summed E-state index contributed by atoms with van der Waals surface area (Å²) in [5, 5.41) is 14.5. The number of anilines is 1. The maximum absolute atomic E-state index is 12.4. The standard InChI is InChI=1S/C24H19N3O5/c28-24(31-16-23-26-15-22(32-23)18-9-5-2-6-10-18)19-11-12-20(21(13-19)27(29)30)25-14-17-7-3-1-4-8-17/h1-13,15,25H,14,16H2. The Morgan fingerprint density at radius 2 is 1.75 bits per heavy atom. The van der Waals surface area contributed by atoms with Gasteiger partial charge < -0.3 is 14.5 Å². The fourth-order valence-corrected chi connectivity index (χ4v) is 3.08. The minimum atomic E-state index is -0.706. The van der Waals surface area contributed by atoms with E-state index in [2.05, 4.69) is 10.3 Å². The molecule has 160 valence electrons. The molecule has 8 heteroatoms. The summed E-state index contributed by atoms with van der Waals surface area (Å²) >= 11 is 0. The normalized spacial score (nSPS) is 10.5. The number of nitro groups is 1. The van der Waals surface area contributed by atoms with Crippen LogP contribution in [0.5, 0.6) is 0 Å². The van der Waals surface area contributed by atoms with Crippen molar-refractivity contribution in [2.24, 2.45) is 0 Å². The van der Waals surface area contributed by atoms with Gasteiger partial charge in [-0.1, -0.05) is 60.7 Å². The first-order valence-corrected chi connectivity index (χ1v) is 9.83. The van der Waals surface area contributed by atoms with Crippen LogP contribution in [0.3, 0.4) is 0 Å². The highest BCUT2D eigenvalue weighted by Gasteiger charge is 2.19. The number of nitro benzene ring substituents is 1. The maximum atomic E-state index is 12.4. The number of benzene rings is 3. The highest BCUT2D eigenvalue weighted by molar-refractivity contribution is 5.91. The van der Waals surface area contributed by atoms with Crippen molar-refractivity contribution in [2.45, 2.75) is 13.2 Å². The van der Waals surface area contributed by atoms with E-state index in [0.717, 1.165) is 11.1 Å². The predicted molar refractivity (Wildman–Crippen MR) is 118 cm³/mol. The second kappa shape index (κ2) is 9.57. The third-order valence-electron chi connectivity index (χ3n) is 4.69. The van der Waals surface area contributed by atoms with Gasteiger partial charge in [-0.05, 0) is 17.7 Å². The lowest BCUT2D eigenvalue weighted by Crippen LogP contribution is -2.08. The molecule has 0 aliphatic heterocycles. The average molecular weight is 429 g/mol. The Kier molecular flexibility index (Phi) is 6.22. The van der Waals surface area contributed by atoms with E-state index in [4.69, 9.17) is 9.15 Å². The Morgan fingerprint density at radius 1 is 1.03 bits per heavy atom. The molecule has 8 nitrogen and oxygen atoms in total. The zero-order chi connectivity index (χ0) is 22.3. The van der Waals surface area contributed by atoms with Gasteiger partial charge in [-0.25, -0.2) is 9.78 Å². The van der Waals surface area contributed by atoms with E-state index in [1.807, 2.05) is 60.7 Å². The van der Waals surface area contributed by atoms with Gasteiger partial charge in [0.1, 0.15) is 5.69 Å². The van der Waals surface area contributed by atoms with E-state index in [9.17, 15) is 14.9 Å². The number of hydrogen-bond donors (Lipinski definition) is 1. The zero-order valence-electron chi connectivity index (χ0n) is 16.9. The van der Waals surface area contributed by atoms with Gasteiger partial charge in [-0.3, -0.25) is 10.1 Å². The van der Waals surface area contributed by atoms with Crippen molar-refractivity contribution in [3.05, 3.63) is 112 Å². The van der Waals surface area contributed by atoms with Gasteiger partial charge in [0, 0.05) is 18.2 Å². The third-order valence-corrected chi connectivity index (χ3v) is 4.69. The lowest BCUT2D eigenvalue weighted by atomic mass is 10.1. The number of ether oxygens (including phenoxy) is 1. The van der Waals surface area contributed by atoms with Crippen molar-refractivity contribution in [2.75, 3.05) is 5.32 Å². The van der Waals surface area contributed by atoms with Crippen LogP contribution in [0.4, 0.5) is 11.4 Å². The Hall–Kier alpha value is -4.46. The zero-order valence-corrected chi connectivity index (χ0v) is 16.9. The van der Waals surface area contributed by atoms with Crippen molar-refractivity contribution in [3.8, 4) is 11.3 Å². The van der Waals surface area contributed by atoms with Crippen molar-refractivity contribution >= 4 is 17.3 Å². The molecule has 4 rings (SSSR count). The number of nitrogens with zero attached hydrogens (tertiary/aromatic N) is 2. The van der Waals surface area contributed by atoms with Crippen LogP contribution in [0.15, 0.2) is 89.5 Å². The Labute approximate surface area is 183 Å². The van der Waals surface area contributed by atoms with Gasteiger partial charge in [0.2, 0.25) is 5.89 Å². The molecule has 0 atom stereocenters. The van der Waals surface area contributed by atoms with Gasteiger partial charge in [-0.15, -0.1) is 0 Å². The molecule has 1 aromatic heterocycles. The summed E-state index contributed by atoms with van der Waals surface area (Å²) in [7, 11) is 0. The first-order chi connectivity index (χ1) is 15.6. The molecule has 0 bridgehead atoms. The molecule has 4 aromatic rings. The molecule has 3 aromatic carbocycles. The lowest BCUT2D eigenvalue weighted by Gasteiger charge is -2.09. The highest BCUT2D eigenvalue weighted by atomic mass is 16.6. The van der Waals surface area contributed by atoms with Gasteiger partial charge in [0.05, 0.1) is 16.7 Å². The molecular weight excluding hydrogens is 410 g/mol. The molecule has 0 fully saturated rings. The van der Waals surface area contributed by atoms with Crippen LogP contribution in [0.2, 0.25) is 0 Å². The Balaban J connectivity index is 1.41. The number of oxazole rings is 1. The Bertz CT molecular complexity index is 1220. The summed E-state index contributed by atoms with van der Waals surface area (Å²) in [6.45, 7) is 0.229. The lowest BCUT2D eigenvalue weighted by molar-refractivity contribution is -0.384. The first-order valence-electron chi connectivity index (χ1n) is 9.83. The summed E-state index contributed by atoms with van der Waals surface area (Å²) in [5.41, 5.74) is 2.00. The van der Waals surface area contributed by atoms with Crippen molar-refractivity contribution in [3.63, 3.8) is 0 Å². The molecule has 0 unspecified atom stereocenters. The minimum absolute atomic E-state index is 0.0665. The number of carbonyl (C=O) groups is 1.